The third-order valence-electron chi connectivity index (χ3n) is 2.91. The van der Waals surface area contributed by atoms with Crippen molar-refractivity contribution in [3.8, 4) is 12.3 Å². The zero-order chi connectivity index (χ0) is 9.03. The monoisotopic (exact) mass is 164 g/mol. The van der Waals surface area contributed by atoms with Crippen molar-refractivity contribution in [1.29, 1.82) is 0 Å². The van der Waals surface area contributed by atoms with Gasteiger partial charge in [-0.1, -0.05) is 32.1 Å². The van der Waals surface area contributed by atoms with Gasteiger partial charge in [0.1, 0.15) is 0 Å². The van der Waals surface area contributed by atoms with E-state index in [1.165, 1.54) is 38.5 Å². The van der Waals surface area contributed by atoms with Crippen molar-refractivity contribution in [1.82, 2.24) is 0 Å². The standard InChI is InChI=1S/C12H20/c1-4-12(2,3)10-11-8-6-5-7-9-11/h1,11H,5-10H2,2-3H3. The van der Waals surface area contributed by atoms with E-state index >= 15 is 0 Å². The normalized spacial score (nSPS) is 20.4. The third-order valence-corrected chi connectivity index (χ3v) is 2.91. The van der Waals surface area contributed by atoms with E-state index in [2.05, 4.69) is 19.8 Å². The number of rotatable bonds is 2. The first kappa shape index (κ1) is 9.65. The van der Waals surface area contributed by atoms with E-state index in [1.54, 1.807) is 0 Å². The summed E-state index contributed by atoms with van der Waals surface area (Å²) in [6, 6.07) is 0. The lowest BCUT2D eigenvalue weighted by Gasteiger charge is -2.27. The molecule has 0 aliphatic heterocycles. The molecule has 0 nitrogen and oxygen atoms in total. The predicted molar refractivity (Wildman–Crippen MR) is 53.8 cm³/mol. The van der Waals surface area contributed by atoms with Crippen molar-refractivity contribution in [2.75, 3.05) is 0 Å². The van der Waals surface area contributed by atoms with Gasteiger partial charge in [-0.15, -0.1) is 12.3 Å². The fourth-order valence-corrected chi connectivity index (χ4v) is 2.17. The van der Waals surface area contributed by atoms with Crippen molar-refractivity contribution in [3.63, 3.8) is 0 Å². The Morgan fingerprint density at radius 2 is 1.83 bits per heavy atom. The van der Waals surface area contributed by atoms with E-state index in [0.717, 1.165) is 5.92 Å². The van der Waals surface area contributed by atoms with Gasteiger partial charge < -0.3 is 0 Å². The molecule has 0 heteroatoms. The molecule has 0 aromatic carbocycles. The molecule has 0 radical (unpaired) electrons. The van der Waals surface area contributed by atoms with Crippen LogP contribution < -0.4 is 0 Å². The van der Waals surface area contributed by atoms with Gasteiger partial charge in [0.15, 0.2) is 0 Å². The molecular weight excluding hydrogens is 144 g/mol. The minimum absolute atomic E-state index is 0.127. The van der Waals surface area contributed by atoms with Crippen LogP contribution in [0.1, 0.15) is 52.4 Å². The van der Waals surface area contributed by atoms with Crippen LogP contribution in [-0.4, -0.2) is 0 Å². The number of hydrogen-bond acceptors (Lipinski definition) is 0. The Kier molecular flexibility index (Phi) is 3.20. The van der Waals surface area contributed by atoms with E-state index in [4.69, 9.17) is 6.42 Å². The maximum absolute atomic E-state index is 5.47. The maximum atomic E-state index is 5.47. The summed E-state index contributed by atoms with van der Waals surface area (Å²) in [5, 5.41) is 0. The molecule has 0 bridgehead atoms. The Morgan fingerprint density at radius 1 is 1.25 bits per heavy atom. The molecule has 68 valence electrons. The van der Waals surface area contributed by atoms with Crippen LogP contribution in [-0.2, 0) is 0 Å². The summed E-state index contributed by atoms with van der Waals surface area (Å²) in [4.78, 5) is 0. The van der Waals surface area contributed by atoms with Gasteiger partial charge in [-0.25, -0.2) is 0 Å². The van der Waals surface area contributed by atoms with E-state index < -0.39 is 0 Å². The van der Waals surface area contributed by atoms with Crippen molar-refractivity contribution in [2.45, 2.75) is 52.4 Å². The summed E-state index contributed by atoms with van der Waals surface area (Å²) in [5.41, 5.74) is 0.127. The van der Waals surface area contributed by atoms with Crippen molar-refractivity contribution < 1.29 is 0 Å². The van der Waals surface area contributed by atoms with E-state index in [9.17, 15) is 0 Å². The van der Waals surface area contributed by atoms with Crippen LogP contribution in [0.5, 0.6) is 0 Å². The molecule has 0 aromatic rings. The van der Waals surface area contributed by atoms with Crippen molar-refractivity contribution in [2.24, 2.45) is 11.3 Å². The Labute approximate surface area is 76.7 Å². The van der Waals surface area contributed by atoms with Crippen molar-refractivity contribution in [3.05, 3.63) is 0 Å². The molecule has 0 N–H and O–H groups in total. The van der Waals surface area contributed by atoms with Crippen LogP contribution in [0.15, 0.2) is 0 Å². The molecule has 0 heterocycles. The van der Waals surface area contributed by atoms with Crippen LogP contribution in [0.4, 0.5) is 0 Å². The lowest BCUT2D eigenvalue weighted by molar-refractivity contribution is 0.270. The van der Waals surface area contributed by atoms with Gasteiger partial charge in [-0.2, -0.15) is 0 Å². The largest absolute Gasteiger partial charge is 0.120 e. The summed E-state index contributed by atoms with van der Waals surface area (Å²) in [5.74, 6) is 3.80. The molecule has 12 heavy (non-hydrogen) atoms. The summed E-state index contributed by atoms with van der Waals surface area (Å²) >= 11 is 0. The minimum atomic E-state index is 0.127. The highest BCUT2D eigenvalue weighted by Gasteiger charge is 2.22. The predicted octanol–water partition coefficient (Wildman–Crippen LogP) is 3.62. The first-order valence-electron chi connectivity index (χ1n) is 5.12. The summed E-state index contributed by atoms with van der Waals surface area (Å²) < 4.78 is 0. The smallest absolute Gasteiger partial charge is 0.0258 e. The van der Waals surface area contributed by atoms with Gasteiger partial charge >= 0.3 is 0 Å². The van der Waals surface area contributed by atoms with Gasteiger partial charge in [0, 0.05) is 5.41 Å². The SMILES string of the molecule is C#CC(C)(C)CC1CCCCC1. The second-order valence-corrected chi connectivity index (χ2v) is 4.74. The maximum Gasteiger partial charge on any atom is 0.0258 e. The van der Waals surface area contributed by atoms with E-state index in [-0.39, 0.29) is 5.41 Å². The Balaban J connectivity index is 2.35. The van der Waals surface area contributed by atoms with Gasteiger partial charge in [-0.05, 0) is 26.2 Å². The Hall–Kier alpha value is -0.440. The first-order valence-corrected chi connectivity index (χ1v) is 5.12. The fraction of sp³-hybridized carbons (Fsp3) is 0.833. The van der Waals surface area contributed by atoms with Crippen molar-refractivity contribution >= 4 is 0 Å². The molecular formula is C12H20. The van der Waals surface area contributed by atoms with Gasteiger partial charge in [0.25, 0.3) is 0 Å². The topological polar surface area (TPSA) is 0 Å². The highest BCUT2D eigenvalue weighted by Crippen LogP contribution is 2.33. The zero-order valence-corrected chi connectivity index (χ0v) is 8.40. The van der Waals surface area contributed by atoms with E-state index in [0.29, 0.717) is 0 Å². The molecule has 0 aromatic heterocycles. The van der Waals surface area contributed by atoms with Crippen LogP contribution >= 0.6 is 0 Å². The molecule has 0 unspecified atom stereocenters. The molecule has 0 saturated heterocycles. The zero-order valence-electron chi connectivity index (χ0n) is 8.40. The lowest BCUT2D eigenvalue weighted by Crippen LogP contribution is -2.17. The second-order valence-electron chi connectivity index (χ2n) is 4.74. The first-order chi connectivity index (χ1) is 5.64. The van der Waals surface area contributed by atoms with Gasteiger partial charge in [0.2, 0.25) is 0 Å². The lowest BCUT2D eigenvalue weighted by atomic mass is 9.77. The molecule has 0 spiro atoms. The highest BCUT2D eigenvalue weighted by atomic mass is 14.3. The Bertz CT molecular complexity index is 165. The summed E-state index contributed by atoms with van der Waals surface area (Å²) in [7, 11) is 0. The molecule has 0 atom stereocenters. The van der Waals surface area contributed by atoms with Crippen LogP contribution in [0.25, 0.3) is 0 Å². The van der Waals surface area contributed by atoms with Gasteiger partial charge in [0.05, 0.1) is 0 Å². The van der Waals surface area contributed by atoms with Crippen LogP contribution in [0.3, 0.4) is 0 Å². The molecule has 1 rings (SSSR count). The van der Waals surface area contributed by atoms with Crippen LogP contribution in [0.2, 0.25) is 0 Å². The number of hydrogen-bond donors (Lipinski definition) is 0. The minimum Gasteiger partial charge on any atom is -0.120 e. The highest BCUT2D eigenvalue weighted by molar-refractivity contribution is 5.01. The van der Waals surface area contributed by atoms with Gasteiger partial charge in [-0.3, -0.25) is 0 Å². The summed E-state index contributed by atoms with van der Waals surface area (Å²) in [6.07, 6.45) is 13.8. The third kappa shape index (κ3) is 2.89. The molecule has 1 saturated carbocycles. The quantitative estimate of drug-likeness (QED) is 0.547. The molecule has 0 amide bonds. The molecule has 1 aliphatic carbocycles. The van der Waals surface area contributed by atoms with Crippen LogP contribution in [0, 0.1) is 23.7 Å². The average molecular weight is 164 g/mol. The molecule has 1 fully saturated rings. The second kappa shape index (κ2) is 3.99. The fourth-order valence-electron chi connectivity index (χ4n) is 2.17. The number of terminal acetylenes is 1. The Morgan fingerprint density at radius 3 is 2.33 bits per heavy atom. The summed E-state index contributed by atoms with van der Waals surface area (Å²) in [6.45, 7) is 4.36. The average Bonchev–Trinajstić information content (AvgIpc) is 2.06. The van der Waals surface area contributed by atoms with E-state index in [1.807, 2.05) is 0 Å². The molecule has 1 aliphatic rings.